The van der Waals surface area contributed by atoms with Gasteiger partial charge in [0.05, 0.1) is 0 Å². The maximum atomic E-state index is 5.96. The third-order valence-electron chi connectivity index (χ3n) is 2.45. The maximum Gasteiger partial charge on any atom is 0.0329 e. The first-order chi connectivity index (χ1) is 6.65. The van der Waals surface area contributed by atoms with E-state index in [1.165, 1.54) is 11.1 Å². The van der Waals surface area contributed by atoms with Crippen molar-refractivity contribution in [1.82, 2.24) is 0 Å². The Labute approximate surface area is 98.8 Å². The molecule has 1 rings (SSSR count). The highest BCUT2D eigenvalue weighted by Gasteiger charge is 2.04. The van der Waals surface area contributed by atoms with Crippen molar-refractivity contribution in [3.63, 3.8) is 0 Å². The number of halogens is 1. The van der Waals surface area contributed by atoms with Gasteiger partial charge in [0.15, 0.2) is 0 Å². The molecule has 0 unspecified atom stereocenters. The van der Waals surface area contributed by atoms with Gasteiger partial charge in [-0.15, -0.1) is 19.0 Å². The minimum absolute atomic E-state index is 0. The molecule has 1 aromatic carbocycles. The van der Waals surface area contributed by atoms with E-state index in [0.29, 0.717) is 5.92 Å². The molecule has 0 amide bonds. The molecule has 2 N–H and O–H groups in total. The Balaban J connectivity index is 0.00000196. The van der Waals surface area contributed by atoms with E-state index in [2.05, 4.69) is 44.7 Å². The van der Waals surface area contributed by atoms with Gasteiger partial charge >= 0.3 is 0 Å². The van der Waals surface area contributed by atoms with E-state index in [0.717, 1.165) is 6.42 Å². The van der Waals surface area contributed by atoms with E-state index in [4.69, 9.17) is 5.73 Å². The van der Waals surface area contributed by atoms with E-state index >= 15 is 0 Å². The van der Waals surface area contributed by atoms with Crippen LogP contribution in [0.25, 0.3) is 0 Å². The maximum absolute atomic E-state index is 5.96. The Hall–Kier alpha value is -0.790. The van der Waals surface area contributed by atoms with Crippen molar-refractivity contribution < 1.29 is 0 Å². The minimum Gasteiger partial charge on any atom is -0.324 e. The fourth-order valence-corrected chi connectivity index (χ4v) is 1.44. The lowest BCUT2D eigenvalue weighted by molar-refractivity contribution is 0.740. The standard InChI is InChI=1S/C13H19N.ClH/c1-4-5-13(14)12-8-6-11(7-9-12)10(2)3;/h4,6-10,13H,1,5,14H2,2-3H3;1H/t13-;/m1./s1. The van der Waals surface area contributed by atoms with Crippen LogP contribution in [-0.2, 0) is 0 Å². The normalized spacial score (nSPS) is 12.0. The minimum atomic E-state index is 0. The van der Waals surface area contributed by atoms with Gasteiger partial charge in [0, 0.05) is 6.04 Å². The molecule has 84 valence electrons. The summed E-state index contributed by atoms with van der Waals surface area (Å²) in [7, 11) is 0. The van der Waals surface area contributed by atoms with Crippen LogP contribution in [0.1, 0.15) is 43.4 Å². The molecule has 0 saturated heterocycles. The summed E-state index contributed by atoms with van der Waals surface area (Å²) in [5.41, 5.74) is 8.51. The summed E-state index contributed by atoms with van der Waals surface area (Å²) >= 11 is 0. The number of rotatable bonds is 4. The molecule has 0 aliphatic heterocycles. The summed E-state index contributed by atoms with van der Waals surface area (Å²) < 4.78 is 0. The van der Waals surface area contributed by atoms with Crippen molar-refractivity contribution in [1.29, 1.82) is 0 Å². The predicted octanol–water partition coefficient (Wildman–Crippen LogP) is 3.81. The van der Waals surface area contributed by atoms with Crippen LogP contribution in [0.4, 0.5) is 0 Å². The van der Waals surface area contributed by atoms with E-state index in [-0.39, 0.29) is 18.4 Å². The zero-order valence-corrected chi connectivity index (χ0v) is 10.3. The van der Waals surface area contributed by atoms with Gasteiger partial charge in [-0.05, 0) is 23.5 Å². The highest BCUT2D eigenvalue weighted by Crippen LogP contribution is 2.19. The van der Waals surface area contributed by atoms with E-state index in [1.54, 1.807) is 0 Å². The van der Waals surface area contributed by atoms with Crippen molar-refractivity contribution in [3.05, 3.63) is 48.0 Å². The number of hydrogen-bond donors (Lipinski definition) is 1. The van der Waals surface area contributed by atoms with Gasteiger partial charge < -0.3 is 5.73 Å². The lowest BCUT2D eigenvalue weighted by atomic mass is 9.98. The first-order valence-corrected chi connectivity index (χ1v) is 5.11. The molecule has 1 aromatic rings. The quantitative estimate of drug-likeness (QED) is 0.775. The Morgan fingerprint density at radius 3 is 2.07 bits per heavy atom. The summed E-state index contributed by atoms with van der Waals surface area (Å²) in [6.45, 7) is 8.08. The second kappa shape index (κ2) is 6.65. The first-order valence-electron chi connectivity index (χ1n) is 5.11. The Morgan fingerprint density at radius 2 is 1.67 bits per heavy atom. The van der Waals surface area contributed by atoms with Crippen molar-refractivity contribution in [2.45, 2.75) is 32.2 Å². The van der Waals surface area contributed by atoms with Gasteiger partial charge in [-0.1, -0.05) is 44.2 Å². The van der Waals surface area contributed by atoms with E-state index < -0.39 is 0 Å². The molecule has 0 heterocycles. The molecule has 2 heteroatoms. The van der Waals surface area contributed by atoms with Crippen LogP contribution >= 0.6 is 12.4 Å². The van der Waals surface area contributed by atoms with Gasteiger partial charge in [0.2, 0.25) is 0 Å². The van der Waals surface area contributed by atoms with Crippen LogP contribution in [-0.4, -0.2) is 0 Å². The van der Waals surface area contributed by atoms with Crippen molar-refractivity contribution in [2.75, 3.05) is 0 Å². The zero-order valence-electron chi connectivity index (χ0n) is 9.44. The molecule has 1 nitrogen and oxygen atoms in total. The second-order valence-electron chi connectivity index (χ2n) is 3.95. The largest absolute Gasteiger partial charge is 0.324 e. The summed E-state index contributed by atoms with van der Waals surface area (Å²) in [5, 5.41) is 0. The van der Waals surface area contributed by atoms with Gasteiger partial charge in [-0.3, -0.25) is 0 Å². The van der Waals surface area contributed by atoms with Crippen LogP contribution in [0.15, 0.2) is 36.9 Å². The Bertz CT molecular complexity index is 290. The van der Waals surface area contributed by atoms with Crippen LogP contribution in [0.5, 0.6) is 0 Å². The molecule has 0 spiro atoms. The number of nitrogens with two attached hydrogens (primary N) is 1. The van der Waals surface area contributed by atoms with Gasteiger partial charge in [-0.2, -0.15) is 0 Å². The van der Waals surface area contributed by atoms with Crippen molar-refractivity contribution in [2.24, 2.45) is 5.73 Å². The number of benzene rings is 1. The fourth-order valence-electron chi connectivity index (χ4n) is 1.44. The van der Waals surface area contributed by atoms with E-state index in [1.807, 2.05) is 6.08 Å². The highest BCUT2D eigenvalue weighted by atomic mass is 35.5. The summed E-state index contributed by atoms with van der Waals surface area (Å²) in [4.78, 5) is 0. The lowest BCUT2D eigenvalue weighted by Gasteiger charge is -2.11. The van der Waals surface area contributed by atoms with Crippen LogP contribution in [0.3, 0.4) is 0 Å². The SMILES string of the molecule is C=CC[C@@H](N)c1ccc(C(C)C)cc1.Cl. The molecule has 0 radical (unpaired) electrons. The predicted molar refractivity (Wildman–Crippen MR) is 69.5 cm³/mol. The third-order valence-corrected chi connectivity index (χ3v) is 2.45. The molecule has 0 aliphatic rings. The Morgan fingerprint density at radius 1 is 1.20 bits per heavy atom. The van der Waals surface area contributed by atoms with Gasteiger partial charge in [0.25, 0.3) is 0 Å². The zero-order chi connectivity index (χ0) is 10.6. The fraction of sp³-hybridized carbons (Fsp3) is 0.385. The third kappa shape index (κ3) is 4.06. The molecular weight excluding hydrogens is 206 g/mol. The number of hydrogen-bond acceptors (Lipinski definition) is 1. The molecule has 0 aromatic heterocycles. The summed E-state index contributed by atoms with van der Waals surface area (Å²) in [6.07, 6.45) is 2.70. The van der Waals surface area contributed by atoms with E-state index in [9.17, 15) is 0 Å². The summed E-state index contributed by atoms with van der Waals surface area (Å²) in [6, 6.07) is 8.63. The van der Waals surface area contributed by atoms with Crippen LogP contribution in [0, 0.1) is 0 Å². The topological polar surface area (TPSA) is 26.0 Å². The average molecular weight is 226 g/mol. The van der Waals surface area contributed by atoms with Gasteiger partial charge in [0.1, 0.15) is 0 Å². The highest BCUT2D eigenvalue weighted by molar-refractivity contribution is 5.85. The molecule has 0 bridgehead atoms. The van der Waals surface area contributed by atoms with Crippen molar-refractivity contribution >= 4 is 12.4 Å². The molecule has 0 saturated carbocycles. The smallest absolute Gasteiger partial charge is 0.0329 e. The van der Waals surface area contributed by atoms with Crippen molar-refractivity contribution in [3.8, 4) is 0 Å². The molecule has 1 atom stereocenters. The van der Waals surface area contributed by atoms with Crippen LogP contribution < -0.4 is 5.73 Å². The van der Waals surface area contributed by atoms with Gasteiger partial charge in [-0.25, -0.2) is 0 Å². The Kier molecular flexibility index (Phi) is 6.30. The average Bonchev–Trinajstić information content (AvgIpc) is 2.18. The molecular formula is C13H20ClN. The van der Waals surface area contributed by atoms with Crippen LogP contribution in [0.2, 0.25) is 0 Å². The molecule has 0 aliphatic carbocycles. The monoisotopic (exact) mass is 225 g/mol. The first kappa shape index (κ1) is 14.2. The molecule has 0 fully saturated rings. The lowest BCUT2D eigenvalue weighted by Crippen LogP contribution is -2.08. The molecule has 15 heavy (non-hydrogen) atoms. The second-order valence-corrected chi connectivity index (χ2v) is 3.95. The summed E-state index contributed by atoms with van der Waals surface area (Å²) in [5.74, 6) is 0.583.